The average Bonchev–Trinajstić information content (AvgIpc) is 2.92. The average molecular weight is 338 g/mol. The number of halogens is 1. The zero-order chi connectivity index (χ0) is 14.9. The zero-order valence-corrected chi connectivity index (χ0v) is 14.8. The normalized spacial score (nSPS) is 21.3. The Balaban J connectivity index is 0.00000176. The Labute approximate surface area is 143 Å². The number of benzene rings is 1. The maximum Gasteiger partial charge on any atom is 0.123 e. The van der Waals surface area contributed by atoms with E-state index < -0.39 is 0 Å². The number of hydrogen-bond donors (Lipinski definition) is 1. The van der Waals surface area contributed by atoms with E-state index in [9.17, 15) is 0 Å². The molecular weight excluding hydrogens is 314 g/mol. The van der Waals surface area contributed by atoms with Gasteiger partial charge in [-0.3, -0.25) is 4.90 Å². The van der Waals surface area contributed by atoms with Gasteiger partial charge >= 0.3 is 0 Å². The van der Waals surface area contributed by atoms with Crippen molar-refractivity contribution < 1.29 is 0 Å². The number of hydrogen-bond acceptors (Lipinski definition) is 4. The number of rotatable bonds is 3. The summed E-state index contributed by atoms with van der Waals surface area (Å²) in [5.41, 5.74) is 8.77. The molecule has 22 heavy (non-hydrogen) atoms. The molecule has 0 radical (unpaired) electrons. The Morgan fingerprint density at radius 1 is 1.32 bits per heavy atom. The van der Waals surface area contributed by atoms with Gasteiger partial charge in [0.2, 0.25) is 0 Å². The lowest BCUT2D eigenvalue weighted by Gasteiger charge is -2.42. The van der Waals surface area contributed by atoms with E-state index in [1.54, 1.807) is 11.3 Å². The smallest absolute Gasteiger partial charge is 0.123 e. The highest BCUT2D eigenvalue weighted by molar-refractivity contribution is 7.13. The predicted octanol–water partition coefficient (Wildman–Crippen LogP) is 3.79. The molecule has 3 nitrogen and oxygen atoms in total. The van der Waals surface area contributed by atoms with Gasteiger partial charge in [0, 0.05) is 36.6 Å². The van der Waals surface area contributed by atoms with Crippen LogP contribution in [-0.2, 0) is 6.54 Å². The second kappa shape index (κ2) is 7.09. The lowest BCUT2D eigenvalue weighted by Crippen LogP contribution is -2.52. The highest BCUT2D eigenvalue weighted by Gasteiger charge is 2.33. The van der Waals surface area contributed by atoms with Crippen LogP contribution in [0.1, 0.15) is 26.0 Å². The SMILES string of the molecule is CC1(C)CN(Cc2csc(-c3ccccc3)n2)CCC1N.Cl. The summed E-state index contributed by atoms with van der Waals surface area (Å²) in [5.74, 6) is 0. The van der Waals surface area contributed by atoms with Crippen LogP contribution in [0.15, 0.2) is 35.7 Å². The molecule has 1 aliphatic heterocycles. The molecule has 2 heterocycles. The number of nitrogens with two attached hydrogens (primary N) is 1. The third kappa shape index (κ3) is 3.87. The molecule has 0 spiro atoms. The van der Waals surface area contributed by atoms with Gasteiger partial charge < -0.3 is 5.73 Å². The highest BCUT2D eigenvalue weighted by Crippen LogP contribution is 2.29. The first-order valence-corrected chi connectivity index (χ1v) is 8.40. The fourth-order valence-corrected chi connectivity index (χ4v) is 3.76. The Bertz CT molecular complexity index is 597. The summed E-state index contributed by atoms with van der Waals surface area (Å²) in [6.07, 6.45) is 1.07. The first-order chi connectivity index (χ1) is 10.0. The van der Waals surface area contributed by atoms with Crippen LogP contribution >= 0.6 is 23.7 Å². The van der Waals surface area contributed by atoms with Crippen LogP contribution in [0.25, 0.3) is 10.6 Å². The molecule has 1 aromatic heterocycles. The fourth-order valence-electron chi connectivity index (χ4n) is 2.94. The van der Waals surface area contributed by atoms with E-state index in [0.29, 0.717) is 6.04 Å². The minimum absolute atomic E-state index is 0. The van der Waals surface area contributed by atoms with Gasteiger partial charge in [0.05, 0.1) is 5.69 Å². The first kappa shape index (κ1) is 17.4. The molecule has 3 rings (SSSR count). The van der Waals surface area contributed by atoms with Crippen molar-refractivity contribution in [2.45, 2.75) is 32.9 Å². The molecule has 1 fully saturated rings. The largest absolute Gasteiger partial charge is 0.327 e. The molecule has 1 atom stereocenters. The number of aromatic nitrogens is 1. The fraction of sp³-hybridized carbons (Fsp3) is 0.471. The second-order valence-corrected chi connectivity index (χ2v) is 7.46. The van der Waals surface area contributed by atoms with E-state index in [1.807, 2.05) is 6.07 Å². The molecule has 2 N–H and O–H groups in total. The number of likely N-dealkylation sites (tertiary alicyclic amines) is 1. The summed E-state index contributed by atoms with van der Waals surface area (Å²) in [6.45, 7) is 7.58. The first-order valence-electron chi connectivity index (χ1n) is 7.52. The highest BCUT2D eigenvalue weighted by atomic mass is 35.5. The van der Waals surface area contributed by atoms with Gasteiger partial charge in [-0.25, -0.2) is 4.98 Å². The molecule has 5 heteroatoms. The predicted molar refractivity (Wildman–Crippen MR) is 96.4 cm³/mol. The topological polar surface area (TPSA) is 42.2 Å². The standard InChI is InChI=1S/C17H23N3S.ClH/c1-17(2)12-20(9-8-15(17)18)10-14-11-21-16(19-14)13-6-4-3-5-7-13;/h3-7,11,15H,8-10,12,18H2,1-2H3;1H. The van der Waals surface area contributed by atoms with E-state index in [1.165, 1.54) is 11.3 Å². The van der Waals surface area contributed by atoms with E-state index in [2.05, 4.69) is 48.4 Å². The molecular formula is C17H24ClN3S. The Morgan fingerprint density at radius 3 is 2.73 bits per heavy atom. The van der Waals surface area contributed by atoms with Gasteiger partial charge in [-0.05, 0) is 11.8 Å². The molecule has 2 aromatic rings. The molecule has 1 aromatic carbocycles. The Hall–Kier alpha value is -0.940. The number of nitrogens with zero attached hydrogens (tertiary/aromatic N) is 2. The third-order valence-electron chi connectivity index (χ3n) is 4.35. The molecule has 1 saturated heterocycles. The number of thiazole rings is 1. The van der Waals surface area contributed by atoms with Crippen LogP contribution in [-0.4, -0.2) is 29.0 Å². The minimum atomic E-state index is 0. The van der Waals surface area contributed by atoms with E-state index in [0.717, 1.165) is 31.1 Å². The summed E-state index contributed by atoms with van der Waals surface area (Å²) < 4.78 is 0. The second-order valence-electron chi connectivity index (χ2n) is 6.60. The van der Waals surface area contributed by atoms with Crippen molar-refractivity contribution in [1.82, 2.24) is 9.88 Å². The van der Waals surface area contributed by atoms with Crippen molar-refractivity contribution in [1.29, 1.82) is 0 Å². The van der Waals surface area contributed by atoms with Gasteiger partial charge in [-0.1, -0.05) is 44.2 Å². The van der Waals surface area contributed by atoms with Crippen LogP contribution in [0, 0.1) is 5.41 Å². The van der Waals surface area contributed by atoms with Gasteiger partial charge in [-0.2, -0.15) is 0 Å². The maximum atomic E-state index is 6.21. The summed E-state index contributed by atoms with van der Waals surface area (Å²) in [6, 6.07) is 10.7. The summed E-state index contributed by atoms with van der Waals surface area (Å²) >= 11 is 1.73. The molecule has 0 amide bonds. The molecule has 0 aliphatic carbocycles. The number of piperidine rings is 1. The molecule has 0 bridgehead atoms. The van der Waals surface area contributed by atoms with Crippen molar-refractivity contribution in [3.05, 3.63) is 41.4 Å². The summed E-state index contributed by atoms with van der Waals surface area (Å²) in [5, 5.41) is 3.29. The van der Waals surface area contributed by atoms with E-state index in [-0.39, 0.29) is 17.8 Å². The van der Waals surface area contributed by atoms with E-state index >= 15 is 0 Å². The molecule has 1 unspecified atom stereocenters. The monoisotopic (exact) mass is 337 g/mol. The van der Waals surface area contributed by atoms with Crippen LogP contribution in [0.3, 0.4) is 0 Å². The van der Waals surface area contributed by atoms with Gasteiger partial charge in [0.25, 0.3) is 0 Å². The summed E-state index contributed by atoms with van der Waals surface area (Å²) in [4.78, 5) is 7.27. The molecule has 0 saturated carbocycles. The molecule has 1 aliphatic rings. The van der Waals surface area contributed by atoms with Crippen molar-refractivity contribution in [3.8, 4) is 10.6 Å². The van der Waals surface area contributed by atoms with Crippen LogP contribution in [0.4, 0.5) is 0 Å². The van der Waals surface area contributed by atoms with Crippen LogP contribution < -0.4 is 5.73 Å². The lowest BCUT2D eigenvalue weighted by atomic mass is 9.80. The van der Waals surface area contributed by atoms with Gasteiger partial charge in [0.1, 0.15) is 5.01 Å². The van der Waals surface area contributed by atoms with Gasteiger partial charge in [-0.15, -0.1) is 23.7 Å². The minimum Gasteiger partial charge on any atom is -0.327 e. The van der Waals surface area contributed by atoms with Crippen molar-refractivity contribution in [2.75, 3.05) is 13.1 Å². The third-order valence-corrected chi connectivity index (χ3v) is 5.29. The van der Waals surface area contributed by atoms with Crippen LogP contribution in [0.5, 0.6) is 0 Å². The van der Waals surface area contributed by atoms with Crippen LogP contribution in [0.2, 0.25) is 0 Å². The Kier molecular flexibility index (Phi) is 5.61. The summed E-state index contributed by atoms with van der Waals surface area (Å²) in [7, 11) is 0. The van der Waals surface area contributed by atoms with Crippen molar-refractivity contribution >= 4 is 23.7 Å². The van der Waals surface area contributed by atoms with Gasteiger partial charge in [0.15, 0.2) is 0 Å². The molecule has 120 valence electrons. The maximum absolute atomic E-state index is 6.21. The lowest BCUT2D eigenvalue weighted by molar-refractivity contribution is 0.0891. The quantitative estimate of drug-likeness (QED) is 0.926. The Morgan fingerprint density at radius 2 is 2.05 bits per heavy atom. The zero-order valence-electron chi connectivity index (χ0n) is 13.2. The van der Waals surface area contributed by atoms with Crippen molar-refractivity contribution in [2.24, 2.45) is 11.1 Å². The van der Waals surface area contributed by atoms with E-state index in [4.69, 9.17) is 10.7 Å². The van der Waals surface area contributed by atoms with Crippen molar-refractivity contribution in [3.63, 3.8) is 0 Å².